The second-order valence-corrected chi connectivity index (χ2v) is 8.62. The van der Waals surface area contributed by atoms with E-state index in [1.807, 2.05) is 69.8 Å². The number of carbonyl (C=O) groups is 2. The topological polar surface area (TPSA) is 58.4 Å². The van der Waals surface area contributed by atoms with Gasteiger partial charge in [0.25, 0.3) is 0 Å². The summed E-state index contributed by atoms with van der Waals surface area (Å²) >= 11 is 0. The van der Waals surface area contributed by atoms with E-state index in [4.69, 9.17) is 4.98 Å². The normalized spacial score (nSPS) is 16.2. The van der Waals surface area contributed by atoms with Gasteiger partial charge in [-0.3, -0.25) is 9.59 Å². The molecule has 0 unspecified atom stereocenters. The summed E-state index contributed by atoms with van der Waals surface area (Å²) in [6.45, 7) is 8.57. The van der Waals surface area contributed by atoms with E-state index >= 15 is 0 Å². The summed E-state index contributed by atoms with van der Waals surface area (Å²) in [5, 5.41) is 0. The molecule has 2 heterocycles. The Morgan fingerprint density at radius 3 is 2.47 bits per heavy atom. The van der Waals surface area contributed by atoms with E-state index in [0.717, 1.165) is 54.0 Å². The molecule has 1 atom stereocenters. The SMILES string of the molecule is CCCN(CCC)C(=O)Cn1c([C@H]2CC(=O)N(c3ccccc3C)C2)nc2ccccc21. The molecule has 0 aliphatic carbocycles. The summed E-state index contributed by atoms with van der Waals surface area (Å²) in [4.78, 5) is 34.9. The molecule has 3 aromatic rings. The number of hydrogen-bond acceptors (Lipinski definition) is 3. The van der Waals surface area contributed by atoms with Crippen molar-refractivity contribution in [1.82, 2.24) is 14.5 Å². The van der Waals surface area contributed by atoms with E-state index in [9.17, 15) is 9.59 Å². The minimum atomic E-state index is -0.0480. The molecule has 1 aliphatic heterocycles. The van der Waals surface area contributed by atoms with Gasteiger partial charge in [-0.25, -0.2) is 4.98 Å². The molecule has 32 heavy (non-hydrogen) atoms. The molecule has 0 spiro atoms. The summed E-state index contributed by atoms with van der Waals surface area (Å²) in [5.41, 5.74) is 3.86. The minimum Gasteiger partial charge on any atom is -0.341 e. The highest BCUT2D eigenvalue weighted by Gasteiger charge is 2.35. The van der Waals surface area contributed by atoms with Crippen LogP contribution >= 0.6 is 0 Å². The molecule has 6 nitrogen and oxygen atoms in total. The largest absolute Gasteiger partial charge is 0.341 e. The Balaban J connectivity index is 1.67. The number of aryl methyl sites for hydroxylation is 1. The Morgan fingerprint density at radius 1 is 1.06 bits per heavy atom. The zero-order valence-corrected chi connectivity index (χ0v) is 19.3. The lowest BCUT2D eigenvalue weighted by atomic mass is 10.1. The van der Waals surface area contributed by atoms with Gasteiger partial charge in [-0.2, -0.15) is 0 Å². The van der Waals surface area contributed by atoms with Gasteiger partial charge in [-0.15, -0.1) is 0 Å². The lowest BCUT2D eigenvalue weighted by Crippen LogP contribution is -2.35. The molecule has 1 saturated heterocycles. The van der Waals surface area contributed by atoms with Crippen LogP contribution in [-0.2, 0) is 16.1 Å². The van der Waals surface area contributed by atoms with Crippen LogP contribution in [0.25, 0.3) is 11.0 Å². The van der Waals surface area contributed by atoms with Gasteiger partial charge in [0.1, 0.15) is 12.4 Å². The lowest BCUT2D eigenvalue weighted by Gasteiger charge is -2.23. The van der Waals surface area contributed by atoms with Crippen molar-refractivity contribution < 1.29 is 9.59 Å². The first-order valence-corrected chi connectivity index (χ1v) is 11.6. The molecule has 0 saturated carbocycles. The number of anilines is 1. The van der Waals surface area contributed by atoms with Crippen molar-refractivity contribution >= 4 is 28.5 Å². The van der Waals surface area contributed by atoms with Crippen molar-refractivity contribution in [1.29, 1.82) is 0 Å². The molecule has 0 radical (unpaired) electrons. The summed E-state index contributed by atoms with van der Waals surface area (Å²) in [6.07, 6.45) is 2.27. The van der Waals surface area contributed by atoms with E-state index in [0.29, 0.717) is 13.0 Å². The zero-order valence-electron chi connectivity index (χ0n) is 19.3. The lowest BCUT2D eigenvalue weighted by molar-refractivity contribution is -0.131. The molecule has 2 amide bonds. The third-order valence-electron chi connectivity index (χ3n) is 6.21. The smallest absolute Gasteiger partial charge is 0.242 e. The number of fused-ring (bicyclic) bond motifs is 1. The van der Waals surface area contributed by atoms with Gasteiger partial charge < -0.3 is 14.4 Å². The molecule has 0 N–H and O–H groups in total. The Bertz CT molecular complexity index is 1110. The van der Waals surface area contributed by atoms with Gasteiger partial charge in [0.2, 0.25) is 11.8 Å². The fourth-order valence-electron chi connectivity index (χ4n) is 4.69. The van der Waals surface area contributed by atoms with Crippen LogP contribution in [0.5, 0.6) is 0 Å². The Labute approximate surface area is 189 Å². The van der Waals surface area contributed by atoms with Crippen molar-refractivity contribution in [3.63, 3.8) is 0 Å². The minimum absolute atomic E-state index is 0.0480. The van der Waals surface area contributed by atoms with Gasteiger partial charge in [0.15, 0.2) is 0 Å². The van der Waals surface area contributed by atoms with Crippen LogP contribution in [-0.4, -0.2) is 45.9 Å². The van der Waals surface area contributed by atoms with Crippen molar-refractivity contribution in [2.45, 2.75) is 52.5 Å². The molecular formula is C26H32N4O2. The number of rotatable bonds is 8. The highest BCUT2D eigenvalue weighted by atomic mass is 16.2. The average Bonchev–Trinajstić information content (AvgIpc) is 3.34. The van der Waals surface area contributed by atoms with E-state index in [2.05, 4.69) is 13.8 Å². The van der Waals surface area contributed by atoms with E-state index in [1.54, 1.807) is 0 Å². The second-order valence-electron chi connectivity index (χ2n) is 8.62. The van der Waals surface area contributed by atoms with E-state index in [1.165, 1.54) is 0 Å². The van der Waals surface area contributed by atoms with Crippen molar-refractivity contribution in [3.8, 4) is 0 Å². The summed E-state index contributed by atoms with van der Waals surface area (Å²) in [5.74, 6) is 0.996. The van der Waals surface area contributed by atoms with Crippen LogP contribution < -0.4 is 4.90 Å². The van der Waals surface area contributed by atoms with Crippen LogP contribution in [0.3, 0.4) is 0 Å². The molecular weight excluding hydrogens is 400 g/mol. The standard InChI is InChI=1S/C26H32N4O2/c1-4-14-28(15-5-2)25(32)18-30-23-13-9-7-11-21(23)27-26(30)20-16-24(31)29(17-20)22-12-8-6-10-19(22)3/h6-13,20H,4-5,14-18H2,1-3H3/t20-/m0/s1. The molecule has 2 aromatic carbocycles. The van der Waals surface area contributed by atoms with Crippen LogP contribution in [0, 0.1) is 6.92 Å². The Kier molecular flexibility index (Phi) is 6.58. The van der Waals surface area contributed by atoms with Crippen LogP contribution in [0.1, 0.15) is 50.4 Å². The van der Waals surface area contributed by atoms with Gasteiger partial charge >= 0.3 is 0 Å². The third kappa shape index (κ3) is 4.27. The van der Waals surface area contributed by atoms with E-state index < -0.39 is 0 Å². The fourth-order valence-corrected chi connectivity index (χ4v) is 4.69. The van der Waals surface area contributed by atoms with Gasteiger partial charge in [0.05, 0.1) is 11.0 Å². The van der Waals surface area contributed by atoms with Crippen LogP contribution in [0.2, 0.25) is 0 Å². The maximum atomic E-state index is 13.2. The summed E-state index contributed by atoms with van der Waals surface area (Å²) < 4.78 is 2.04. The number of carbonyl (C=O) groups excluding carboxylic acids is 2. The first kappa shape index (κ1) is 22.1. The molecule has 168 valence electrons. The number of nitrogens with zero attached hydrogens (tertiary/aromatic N) is 4. The van der Waals surface area contributed by atoms with Gasteiger partial charge in [-0.05, 0) is 43.5 Å². The number of hydrogen-bond donors (Lipinski definition) is 0. The quantitative estimate of drug-likeness (QED) is 0.526. The number of benzene rings is 2. The number of para-hydroxylation sites is 3. The Morgan fingerprint density at radius 2 is 1.75 bits per heavy atom. The van der Waals surface area contributed by atoms with E-state index in [-0.39, 0.29) is 24.3 Å². The van der Waals surface area contributed by atoms with Crippen molar-refractivity contribution in [2.24, 2.45) is 0 Å². The molecule has 4 rings (SSSR count). The third-order valence-corrected chi connectivity index (χ3v) is 6.21. The zero-order chi connectivity index (χ0) is 22.7. The van der Waals surface area contributed by atoms with Crippen molar-refractivity contribution in [2.75, 3.05) is 24.5 Å². The molecule has 1 fully saturated rings. The fraction of sp³-hybridized carbons (Fsp3) is 0.423. The van der Waals surface area contributed by atoms with Crippen molar-refractivity contribution in [3.05, 3.63) is 59.9 Å². The van der Waals surface area contributed by atoms with Crippen LogP contribution in [0.4, 0.5) is 5.69 Å². The molecule has 6 heteroatoms. The second kappa shape index (κ2) is 9.55. The summed E-state index contributed by atoms with van der Waals surface area (Å²) in [6, 6.07) is 15.9. The predicted molar refractivity (Wildman–Crippen MR) is 128 cm³/mol. The maximum absolute atomic E-state index is 13.2. The first-order chi connectivity index (χ1) is 15.5. The number of aromatic nitrogens is 2. The number of imidazole rings is 1. The maximum Gasteiger partial charge on any atom is 0.242 e. The molecule has 1 aromatic heterocycles. The van der Waals surface area contributed by atoms with Crippen LogP contribution in [0.15, 0.2) is 48.5 Å². The highest BCUT2D eigenvalue weighted by Crippen LogP contribution is 2.34. The monoisotopic (exact) mass is 432 g/mol. The number of amides is 2. The van der Waals surface area contributed by atoms with Gasteiger partial charge in [0, 0.05) is 37.7 Å². The van der Waals surface area contributed by atoms with Gasteiger partial charge in [-0.1, -0.05) is 44.2 Å². The average molecular weight is 433 g/mol. The predicted octanol–water partition coefficient (Wildman–Crippen LogP) is 4.51. The molecule has 0 bridgehead atoms. The Hall–Kier alpha value is -3.15. The highest BCUT2D eigenvalue weighted by molar-refractivity contribution is 5.97. The molecule has 1 aliphatic rings. The summed E-state index contributed by atoms with van der Waals surface area (Å²) in [7, 11) is 0. The first-order valence-electron chi connectivity index (χ1n) is 11.6.